The van der Waals surface area contributed by atoms with Crippen LogP contribution in [0.1, 0.15) is 16.1 Å². The molecule has 0 fully saturated rings. The highest BCUT2D eigenvalue weighted by atomic mass is 79.9. The Balaban J connectivity index is 1.60. The van der Waals surface area contributed by atoms with Gasteiger partial charge < -0.3 is 19.4 Å². The van der Waals surface area contributed by atoms with Gasteiger partial charge in [0.05, 0.1) is 12.2 Å². The Bertz CT molecular complexity index is 1050. The average molecular weight is 506 g/mol. The molecule has 0 saturated carbocycles. The molecule has 2 aromatic carbocycles. The number of hydrogen-bond donors (Lipinski definition) is 1. The minimum atomic E-state index is -0.381. The normalized spacial score (nSPS) is 13.1. The fraction of sp³-hybridized carbons (Fsp3) is 0.100. The minimum Gasteiger partial charge on any atom is -0.482 e. The molecule has 0 aliphatic carbocycles. The molecular weight excluding hydrogens is 492 g/mol. The summed E-state index contributed by atoms with van der Waals surface area (Å²) in [6, 6.07) is 16.2. The van der Waals surface area contributed by atoms with Gasteiger partial charge in [0.25, 0.3) is 11.8 Å². The predicted octanol–water partition coefficient (Wildman–Crippen LogP) is 4.98. The summed E-state index contributed by atoms with van der Waals surface area (Å²) in [5, 5.41) is 2.78. The van der Waals surface area contributed by atoms with E-state index in [0.29, 0.717) is 28.3 Å². The molecule has 6 nitrogen and oxygen atoms in total. The Morgan fingerprint density at radius 2 is 1.86 bits per heavy atom. The van der Waals surface area contributed by atoms with Gasteiger partial charge in [0.15, 0.2) is 17.0 Å². The molecule has 0 radical (unpaired) electrons. The highest BCUT2D eigenvalue weighted by Gasteiger charge is 2.26. The molecule has 2 heterocycles. The molecular formula is C20H14Br2N2O4. The lowest BCUT2D eigenvalue weighted by atomic mass is 10.1. The molecule has 142 valence electrons. The summed E-state index contributed by atoms with van der Waals surface area (Å²) >= 11 is 6.59. The molecule has 3 aromatic rings. The van der Waals surface area contributed by atoms with Crippen molar-refractivity contribution in [3.63, 3.8) is 0 Å². The number of ether oxygens (including phenoxy) is 1. The molecule has 0 bridgehead atoms. The van der Waals surface area contributed by atoms with Crippen molar-refractivity contribution in [3.8, 4) is 5.75 Å². The van der Waals surface area contributed by atoms with Gasteiger partial charge in [-0.05, 0) is 64.0 Å². The molecule has 0 atom stereocenters. The first-order chi connectivity index (χ1) is 13.5. The number of nitrogens with one attached hydrogen (secondary N) is 1. The summed E-state index contributed by atoms with van der Waals surface area (Å²) in [7, 11) is 0. The summed E-state index contributed by atoms with van der Waals surface area (Å²) in [5.74, 6) is 0.251. The second-order valence-electron chi connectivity index (χ2n) is 6.14. The number of furan rings is 1. The largest absolute Gasteiger partial charge is 0.482 e. The SMILES string of the molecule is O=C(Nc1ccc2c(c1)N(Cc1ccc(Br)cc1)C(=O)CO2)c1ccc(Br)o1. The van der Waals surface area contributed by atoms with E-state index in [9.17, 15) is 9.59 Å². The Hall–Kier alpha value is -2.58. The molecule has 2 amide bonds. The maximum atomic E-state index is 12.5. The van der Waals surface area contributed by atoms with Crippen LogP contribution >= 0.6 is 31.9 Å². The lowest BCUT2D eigenvalue weighted by Crippen LogP contribution is -2.38. The van der Waals surface area contributed by atoms with E-state index in [1.165, 1.54) is 0 Å². The number of halogens is 2. The van der Waals surface area contributed by atoms with Crippen LogP contribution in [-0.2, 0) is 11.3 Å². The molecule has 0 spiro atoms. The van der Waals surface area contributed by atoms with Gasteiger partial charge in [-0.3, -0.25) is 9.59 Å². The molecule has 28 heavy (non-hydrogen) atoms. The lowest BCUT2D eigenvalue weighted by Gasteiger charge is -2.30. The van der Waals surface area contributed by atoms with E-state index in [4.69, 9.17) is 9.15 Å². The number of hydrogen-bond acceptors (Lipinski definition) is 4. The van der Waals surface area contributed by atoms with Crippen LogP contribution in [0.5, 0.6) is 5.75 Å². The quantitative estimate of drug-likeness (QED) is 0.542. The number of carbonyl (C=O) groups is 2. The van der Waals surface area contributed by atoms with Crippen LogP contribution < -0.4 is 15.0 Å². The fourth-order valence-corrected chi connectivity index (χ4v) is 3.43. The third-order valence-electron chi connectivity index (χ3n) is 4.21. The zero-order chi connectivity index (χ0) is 19.7. The first kappa shape index (κ1) is 18.8. The van der Waals surface area contributed by atoms with Crippen molar-refractivity contribution >= 4 is 55.0 Å². The van der Waals surface area contributed by atoms with E-state index in [-0.39, 0.29) is 24.2 Å². The third kappa shape index (κ3) is 3.98. The number of anilines is 2. The Morgan fingerprint density at radius 3 is 2.57 bits per heavy atom. The van der Waals surface area contributed by atoms with Crippen molar-refractivity contribution < 1.29 is 18.7 Å². The molecule has 4 rings (SSSR count). The zero-order valence-electron chi connectivity index (χ0n) is 14.4. The third-order valence-corrected chi connectivity index (χ3v) is 5.17. The van der Waals surface area contributed by atoms with Crippen molar-refractivity contribution in [2.45, 2.75) is 6.54 Å². The number of amides is 2. The van der Waals surface area contributed by atoms with Gasteiger partial charge in [-0.15, -0.1) is 0 Å². The predicted molar refractivity (Wildman–Crippen MR) is 112 cm³/mol. The Morgan fingerprint density at radius 1 is 1.07 bits per heavy atom. The van der Waals surface area contributed by atoms with Gasteiger partial charge in [0.2, 0.25) is 0 Å². The van der Waals surface area contributed by atoms with E-state index in [1.54, 1.807) is 35.2 Å². The van der Waals surface area contributed by atoms with Crippen LogP contribution in [-0.4, -0.2) is 18.4 Å². The van der Waals surface area contributed by atoms with E-state index >= 15 is 0 Å². The topological polar surface area (TPSA) is 71.8 Å². The average Bonchev–Trinajstić information content (AvgIpc) is 3.12. The van der Waals surface area contributed by atoms with Gasteiger partial charge in [-0.25, -0.2) is 0 Å². The van der Waals surface area contributed by atoms with Gasteiger partial charge in [-0.1, -0.05) is 28.1 Å². The smallest absolute Gasteiger partial charge is 0.291 e. The monoisotopic (exact) mass is 504 g/mol. The molecule has 1 aliphatic rings. The van der Waals surface area contributed by atoms with Crippen LogP contribution in [0.2, 0.25) is 0 Å². The lowest BCUT2D eigenvalue weighted by molar-refractivity contribution is -0.121. The van der Waals surface area contributed by atoms with Crippen molar-refractivity contribution in [1.29, 1.82) is 0 Å². The fourth-order valence-electron chi connectivity index (χ4n) is 2.85. The van der Waals surface area contributed by atoms with Crippen LogP contribution in [0.4, 0.5) is 11.4 Å². The number of rotatable bonds is 4. The molecule has 1 N–H and O–H groups in total. The first-order valence-corrected chi connectivity index (χ1v) is 9.96. The van der Waals surface area contributed by atoms with Gasteiger partial charge in [0.1, 0.15) is 5.75 Å². The van der Waals surface area contributed by atoms with Crippen LogP contribution in [0, 0.1) is 0 Å². The molecule has 8 heteroatoms. The first-order valence-electron chi connectivity index (χ1n) is 8.38. The summed E-state index contributed by atoms with van der Waals surface area (Å²) in [6.07, 6.45) is 0. The van der Waals surface area contributed by atoms with Crippen LogP contribution in [0.25, 0.3) is 0 Å². The molecule has 1 aliphatic heterocycles. The highest BCUT2D eigenvalue weighted by molar-refractivity contribution is 9.10. The summed E-state index contributed by atoms with van der Waals surface area (Å²) in [6.45, 7) is 0.390. The number of nitrogens with zero attached hydrogens (tertiary/aromatic N) is 1. The summed E-state index contributed by atoms with van der Waals surface area (Å²) in [5.41, 5.74) is 2.13. The number of benzene rings is 2. The summed E-state index contributed by atoms with van der Waals surface area (Å²) in [4.78, 5) is 26.4. The van der Waals surface area contributed by atoms with E-state index in [1.807, 2.05) is 24.3 Å². The highest BCUT2D eigenvalue weighted by Crippen LogP contribution is 2.35. The zero-order valence-corrected chi connectivity index (χ0v) is 17.6. The van der Waals surface area contributed by atoms with Crippen molar-refractivity contribution in [2.75, 3.05) is 16.8 Å². The van der Waals surface area contributed by atoms with E-state index in [2.05, 4.69) is 37.2 Å². The maximum Gasteiger partial charge on any atom is 0.291 e. The standard InChI is InChI=1S/C20H14Br2N2O4/c21-13-3-1-12(2-4-13)10-24-15-9-14(5-6-16(15)27-11-19(24)25)23-20(26)17-7-8-18(22)28-17/h1-9H,10-11H2,(H,23,26). The minimum absolute atomic E-state index is 0.0182. The molecule has 0 saturated heterocycles. The summed E-state index contributed by atoms with van der Waals surface area (Å²) < 4.78 is 12.2. The molecule has 1 aromatic heterocycles. The second kappa shape index (κ2) is 7.81. The number of carbonyl (C=O) groups excluding carboxylic acids is 2. The van der Waals surface area contributed by atoms with Crippen LogP contribution in [0.3, 0.4) is 0 Å². The van der Waals surface area contributed by atoms with Crippen molar-refractivity contribution in [3.05, 3.63) is 75.1 Å². The number of fused-ring (bicyclic) bond motifs is 1. The maximum absolute atomic E-state index is 12.5. The van der Waals surface area contributed by atoms with Gasteiger partial charge in [-0.2, -0.15) is 0 Å². The van der Waals surface area contributed by atoms with E-state index < -0.39 is 0 Å². The van der Waals surface area contributed by atoms with Crippen LogP contribution in [0.15, 0.2) is 68.2 Å². The van der Waals surface area contributed by atoms with Crippen molar-refractivity contribution in [2.24, 2.45) is 0 Å². The van der Waals surface area contributed by atoms with Gasteiger partial charge >= 0.3 is 0 Å². The Kier molecular flexibility index (Phi) is 5.23. The van der Waals surface area contributed by atoms with E-state index in [0.717, 1.165) is 10.0 Å². The second-order valence-corrected chi connectivity index (χ2v) is 7.83. The van der Waals surface area contributed by atoms with Gasteiger partial charge in [0, 0.05) is 10.2 Å². The molecule has 0 unspecified atom stereocenters. The Labute approximate surface area is 177 Å². The van der Waals surface area contributed by atoms with Crippen molar-refractivity contribution in [1.82, 2.24) is 0 Å².